The number of carbonyl (C=O) groups excluding carboxylic acids is 1. The summed E-state index contributed by atoms with van der Waals surface area (Å²) in [6.07, 6.45) is 2.75. The summed E-state index contributed by atoms with van der Waals surface area (Å²) in [6, 6.07) is 0.0625. The van der Waals surface area contributed by atoms with Crippen LogP contribution in [-0.2, 0) is 19.1 Å². The maximum Gasteiger partial charge on any atom is 0.332 e. The molecular weight excluding hydrogens is 250 g/mol. The smallest absolute Gasteiger partial charge is 0.332 e. The Bertz CT molecular complexity index is 381. The topological polar surface area (TPSA) is 84.9 Å². The predicted octanol–water partition coefficient (Wildman–Crippen LogP) is 0.302. The fourth-order valence-corrected chi connectivity index (χ4v) is 2.94. The van der Waals surface area contributed by atoms with Crippen LogP contribution in [0.4, 0.5) is 0 Å². The van der Waals surface area contributed by atoms with Gasteiger partial charge in [0.1, 0.15) is 6.10 Å². The molecule has 2 heterocycles. The Morgan fingerprint density at radius 1 is 1.05 bits per heavy atom. The molecule has 106 valence electrons. The second-order valence-corrected chi connectivity index (χ2v) is 5.61. The summed E-state index contributed by atoms with van der Waals surface area (Å²) in [5.41, 5.74) is 0. The molecule has 3 rings (SSSR count). The van der Waals surface area contributed by atoms with E-state index >= 15 is 0 Å². The van der Waals surface area contributed by atoms with Gasteiger partial charge < -0.3 is 19.9 Å². The number of ether oxygens (including phenoxy) is 2. The first-order valence-electron chi connectivity index (χ1n) is 6.95. The van der Waals surface area contributed by atoms with E-state index in [1.165, 1.54) is 12.8 Å². The third kappa shape index (κ3) is 2.74. The van der Waals surface area contributed by atoms with Crippen molar-refractivity contribution in [3.8, 4) is 0 Å². The highest BCUT2D eigenvalue weighted by Gasteiger charge is 2.43. The van der Waals surface area contributed by atoms with Crippen LogP contribution in [0.1, 0.15) is 32.1 Å². The Kier molecular flexibility index (Phi) is 3.45. The molecule has 19 heavy (non-hydrogen) atoms. The first kappa shape index (κ1) is 12.9. The average Bonchev–Trinajstić information content (AvgIpc) is 2.93. The van der Waals surface area contributed by atoms with E-state index in [0.717, 1.165) is 6.42 Å². The van der Waals surface area contributed by atoms with Gasteiger partial charge in [-0.3, -0.25) is 4.79 Å². The SMILES string of the molecule is O=C(NC1CCOC1C1CC1)[C@@H]1CC[C@H](C(=O)O)O1. The van der Waals surface area contributed by atoms with E-state index in [4.69, 9.17) is 14.6 Å². The highest BCUT2D eigenvalue weighted by Crippen LogP contribution is 2.38. The molecule has 6 nitrogen and oxygen atoms in total. The van der Waals surface area contributed by atoms with Crippen molar-refractivity contribution in [2.24, 2.45) is 5.92 Å². The van der Waals surface area contributed by atoms with Gasteiger partial charge in [0.15, 0.2) is 6.10 Å². The van der Waals surface area contributed by atoms with E-state index < -0.39 is 18.2 Å². The second-order valence-electron chi connectivity index (χ2n) is 5.61. The normalized spacial score (nSPS) is 38.3. The van der Waals surface area contributed by atoms with Gasteiger partial charge in [0.2, 0.25) is 5.91 Å². The summed E-state index contributed by atoms with van der Waals surface area (Å²) >= 11 is 0. The van der Waals surface area contributed by atoms with Gasteiger partial charge in [-0.1, -0.05) is 0 Å². The molecular formula is C13H19NO5. The van der Waals surface area contributed by atoms with E-state index in [-0.39, 0.29) is 18.1 Å². The molecule has 2 unspecified atom stereocenters. The van der Waals surface area contributed by atoms with Crippen molar-refractivity contribution in [2.75, 3.05) is 6.61 Å². The molecule has 6 heteroatoms. The van der Waals surface area contributed by atoms with Crippen LogP contribution in [-0.4, -0.2) is 47.9 Å². The van der Waals surface area contributed by atoms with E-state index in [1.54, 1.807) is 0 Å². The minimum absolute atomic E-state index is 0.0625. The molecule has 0 aromatic carbocycles. The lowest BCUT2D eigenvalue weighted by atomic mass is 10.1. The number of carboxylic acids is 1. The van der Waals surface area contributed by atoms with Gasteiger partial charge in [0.05, 0.1) is 12.1 Å². The number of hydrogen-bond donors (Lipinski definition) is 2. The highest BCUT2D eigenvalue weighted by atomic mass is 16.5. The number of hydrogen-bond acceptors (Lipinski definition) is 4. The maximum absolute atomic E-state index is 12.1. The zero-order valence-corrected chi connectivity index (χ0v) is 10.7. The van der Waals surface area contributed by atoms with Gasteiger partial charge >= 0.3 is 5.97 Å². The monoisotopic (exact) mass is 269 g/mol. The summed E-state index contributed by atoms with van der Waals surface area (Å²) in [7, 11) is 0. The fraction of sp³-hybridized carbons (Fsp3) is 0.846. The van der Waals surface area contributed by atoms with Crippen molar-refractivity contribution in [1.82, 2.24) is 5.32 Å². The summed E-state index contributed by atoms with van der Waals surface area (Å²) < 4.78 is 10.9. The molecule has 3 aliphatic rings. The van der Waals surface area contributed by atoms with Crippen molar-refractivity contribution in [3.63, 3.8) is 0 Å². The van der Waals surface area contributed by atoms with Crippen LogP contribution in [0.5, 0.6) is 0 Å². The number of amides is 1. The minimum atomic E-state index is -0.990. The Balaban J connectivity index is 1.52. The summed E-state index contributed by atoms with van der Waals surface area (Å²) in [4.78, 5) is 22.9. The standard InChI is InChI=1S/C13H19NO5/c15-12(9-3-4-10(19-9)13(16)17)14-8-5-6-18-11(8)7-1-2-7/h7-11H,1-6H2,(H,14,15)(H,16,17)/t8?,9-,10+,11?/m0/s1. The molecule has 0 bridgehead atoms. The van der Waals surface area contributed by atoms with Gasteiger partial charge in [-0.25, -0.2) is 4.79 Å². The highest BCUT2D eigenvalue weighted by molar-refractivity contribution is 5.82. The molecule has 4 atom stereocenters. The first-order valence-corrected chi connectivity index (χ1v) is 6.95. The largest absolute Gasteiger partial charge is 0.479 e. The number of carbonyl (C=O) groups is 2. The number of carboxylic acid groups (broad SMARTS) is 1. The Hall–Kier alpha value is -1.14. The van der Waals surface area contributed by atoms with E-state index in [9.17, 15) is 9.59 Å². The lowest BCUT2D eigenvalue weighted by molar-refractivity contribution is -0.152. The summed E-state index contributed by atoms with van der Waals surface area (Å²) in [6.45, 7) is 0.690. The molecule has 0 radical (unpaired) electrons. The van der Waals surface area contributed by atoms with E-state index in [2.05, 4.69) is 5.32 Å². The molecule has 0 spiro atoms. The van der Waals surface area contributed by atoms with Crippen LogP contribution in [0.2, 0.25) is 0 Å². The van der Waals surface area contributed by atoms with Gasteiger partial charge in [-0.05, 0) is 38.0 Å². The molecule has 1 saturated carbocycles. The molecule has 1 amide bonds. The Labute approximate surface area is 111 Å². The minimum Gasteiger partial charge on any atom is -0.479 e. The first-order chi connectivity index (χ1) is 9.15. The number of aliphatic carboxylic acids is 1. The van der Waals surface area contributed by atoms with Crippen LogP contribution in [0.3, 0.4) is 0 Å². The summed E-state index contributed by atoms with van der Waals surface area (Å²) in [5, 5.41) is 11.8. The van der Waals surface area contributed by atoms with E-state index in [1.807, 2.05) is 0 Å². The molecule has 2 aliphatic heterocycles. The number of rotatable bonds is 4. The molecule has 2 saturated heterocycles. The van der Waals surface area contributed by atoms with E-state index in [0.29, 0.717) is 25.4 Å². The quantitative estimate of drug-likeness (QED) is 0.767. The Morgan fingerprint density at radius 3 is 2.42 bits per heavy atom. The number of nitrogens with one attached hydrogen (secondary N) is 1. The van der Waals surface area contributed by atoms with Crippen molar-refractivity contribution in [1.29, 1.82) is 0 Å². The lowest BCUT2D eigenvalue weighted by Crippen LogP contribution is -2.46. The van der Waals surface area contributed by atoms with Crippen molar-refractivity contribution < 1.29 is 24.2 Å². The fourth-order valence-electron chi connectivity index (χ4n) is 2.94. The average molecular weight is 269 g/mol. The van der Waals surface area contributed by atoms with Gasteiger partial charge in [-0.15, -0.1) is 0 Å². The lowest BCUT2D eigenvalue weighted by Gasteiger charge is -2.21. The van der Waals surface area contributed by atoms with Crippen LogP contribution < -0.4 is 5.32 Å². The molecule has 0 aromatic heterocycles. The molecule has 2 N–H and O–H groups in total. The van der Waals surface area contributed by atoms with Crippen LogP contribution in [0, 0.1) is 5.92 Å². The van der Waals surface area contributed by atoms with Gasteiger partial charge in [0.25, 0.3) is 0 Å². The second kappa shape index (κ2) is 5.09. The zero-order valence-electron chi connectivity index (χ0n) is 10.7. The molecule has 0 aromatic rings. The predicted molar refractivity (Wildman–Crippen MR) is 64.5 cm³/mol. The van der Waals surface area contributed by atoms with Crippen molar-refractivity contribution in [3.05, 3.63) is 0 Å². The van der Waals surface area contributed by atoms with Crippen molar-refractivity contribution >= 4 is 11.9 Å². The van der Waals surface area contributed by atoms with Crippen LogP contribution in [0.15, 0.2) is 0 Å². The molecule has 3 fully saturated rings. The van der Waals surface area contributed by atoms with Crippen LogP contribution in [0.25, 0.3) is 0 Å². The third-order valence-corrected chi connectivity index (χ3v) is 4.14. The van der Waals surface area contributed by atoms with Gasteiger partial charge in [-0.2, -0.15) is 0 Å². The van der Waals surface area contributed by atoms with Gasteiger partial charge in [0, 0.05) is 6.61 Å². The third-order valence-electron chi connectivity index (χ3n) is 4.14. The maximum atomic E-state index is 12.1. The van der Waals surface area contributed by atoms with Crippen LogP contribution >= 0.6 is 0 Å². The van der Waals surface area contributed by atoms with Crippen molar-refractivity contribution in [2.45, 2.75) is 56.5 Å². The Morgan fingerprint density at radius 2 is 1.79 bits per heavy atom. The molecule has 1 aliphatic carbocycles. The zero-order chi connectivity index (χ0) is 13.4. The summed E-state index contributed by atoms with van der Waals surface area (Å²) in [5.74, 6) is -0.593.